The minimum Gasteiger partial charge on any atom is -0.481 e. The van der Waals surface area contributed by atoms with Crippen molar-refractivity contribution in [3.63, 3.8) is 0 Å². The molecule has 4 N–H and O–H groups in total. The lowest BCUT2D eigenvalue weighted by Gasteiger charge is -2.27. The number of hydrogen-bond acceptors (Lipinski definition) is 3. The van der Waals surface area contributed by atoms with Gasteiger partial charge < -0.3 is 20.8 Å². The zero-order valence-electron chi connectivity index (χ0n) is 10.4. The number of carboxylic acids is 1. The van der Waals surface area contributed by atoms with Gasteiger partial charge in [0, 0.05) is 6.04 Å². The molecule has 1 saturated carbocycles. The van der Waals surface area contributed by atoms with Crippen LogP contribution in [0.3, 0.4) is 0 Å². The van der Waals surface area contributed by atoms with Gasteiger partial charge in [0.1, 0.15) is 6.61 Å². The minimum atomic E-state index is -3.34. The van der Waals surface area contributed by atoms with Crippen molar-refractivity contribution in [1.29, 1.82) is 0 Å². The fourth-order valence-electron chi connectivity index (χ4n) is 1.99. The zero-order valence-corrected chi connectivity index (χ0v) is 10.4. The number of carbonyl (C=O) groups is 2. The van der Waals surface area contributed by atoms with Crippen LogP contribution < -0.4 is 10.6 Å². The summed E-state index contributed by atoms with van der Waals surface area (Å²) >= 11 is 0. The van der Waals surface area contributed by atoms with Gasteiger partial charge in [-0.3, -0.25) is 4.79 Å². The average molecular weight is 280 g/mol. The van der Waals surface area contributed by atoms with E-state index in [2.05, 4.69) is 5.32 Å². The number of aliphatic hydroxyl groups excluding tert-OH is 1. The second-order valence-electron chi connectivity index (χ2n) is 4.73. The van der Waals surface area contributed by atoms with Crippen LogP contribution in [0.15, 0.2) is 0 Å². The van der Waals surface area contributed by atoms with E-state index in [1.54, 1.807) is 0 Å². The first-order chi connectivity index (χ1) is 8.84. The molecule has 0 saturated heterocycles. The van der Waals surface area contributed by atoms with E-state index < -0.39 is 31.1 Å². The summed E-state index contributed by atoms with van der Waals surface area (Å²) in [6, 6.07) is -0.926. The van der Waals surface area contributed by atoms with Gasteiger partial charge in [-0.1, -0.05) is 0 Å². The van der Waals surface area contributed by atoms with Crippen molar-refractivity contribution in [3.8, 4) is 0 Å². The molecular formula is C11H18F2N2O4. The first-order valence-electron chi connectivity index (χ1n) is 6.10. The smallest absolute Gasteiger partial charge is 0.315 e. The van der Waals surface area contributed by atoms with Crippen LogP contribution in [0, 0.1) is 5.92 Å². The average Bonchev–Trinajstić information content (AvgIpc) is 2.37. The Morgan fingerprint density at radius 1 is 1.21 bits per heavy atom. The third-order valence-electron chi connectivity index (χ3n) is 3.15. The number of hydrogen-bond donors (Lipinski definition) is 4. The fraction of sp³-hybridized carbons (Fsp3) is 0.818. The highest BCUT2D eigenvalue weighted by Gasteiger charge is 2.30. The Kier molecular flexibility index (Phi) is 5.46. The van der Waals surface area contributed by atoms with Crippen molar-refractivity contribution in [1.82, 2.24) is 10.6 Å². The first kappa shape index (κ1) is 15.6. The number of halogens is 2. The number of amides is 2. The Hall–Kier alpha value is -1.44. The molecule has 0 heterocycles. The number of aliphatic carboxylic acids is 1. The normalized spacial score (nSPS) is 23.7. The molecule has 0 unspecified atom stereocenters. The number of carboxylic acid groups (broad SMARTS) is 1. The maximum Gasteiger partial charge on any atom is 0.315 e. The minimum absolute atomic E-state index is 0.196. The van der Waals surface area contributed by atoms with Crippen molar-refractivity contribution in [3.05, 3.63) is 0 Å². The number of carbonyl (C=O) groups excluding carboxylic acids is 1. The third-order valence-corrected chi connectivity index (χ3v) is 3.15. The van der Waals surface area contributed by atoms with Gasteiger partial charge in [0.05, 0.1) is 12.5 Å². The summed E-state index contributed by atoms with van der Waals surface area (Å²) < 4.78 is 25.3. The molecule has 1 aliphatic carbocycles. The summed E-state index contributed by atoms with van der Waals surface area (Å²) in [4.78, 5) is 22.1. The van der Waals surface area contributed by atoms with Crippen LogP contribution in [-0.2, 0) is 4.79 Å². The van der Waals surface area contributed by atoms with Crippen molar-refractivity contribution >= 4 is 12.0 Å². The van der Waals surface area contributed by atoms with Crippen LogP contribution in [0.4, 0.5) is 13.6 Å². The van der Waals surface area contributed by atoms with Gasteiger partial charge in [-0.05, 0) is 25.7 Å². The number of alkyl halides is 2. The van der Waals surface area contributed by atoms with Gasteiger partial charge in [0.2, 0.25) is 0 Å². The second-order valence-corrected chi connectivity index (χ2v) is 4.73. The Morgan fingerprint density at radius 3 is 2.26 bits per heavy atom. The zero-order chi connectivity index (χ0) is 14.5. The van der Waals surface area contributed by atoms with Crippen LogP contribution in [0.25, 0.3) is 0 Å². The van der Waals surface area contributed by atoms with Crippen molar-refractivity contribution in [2.24, 2.45) is 5.92 Å². The summed E-state index contributed by atoms with van der Waals surface area (Å²) in [7, 11) is 0. The summed E-state index contributed by atoms with van der Waals surface area (Å²) in [5.41, 5.74) is 0. The van der Waals surface area contributed by atoms with Crippen LogP contribution in [0.2, 0.25) is 0 Å². The molecular weight excluding hydrogens is 262 g/mol. The van der Waals surface area contributed by atoms with Gasteiger partial charge in [-0.25, -0.2) is 13.6 Å². The second kappa shape index (κ2) is 6.65. The first-order valence-corrected chi connectivity index (χ1v) is 6.10. The van der Waals surface area contributed by atoms with Crippen molar-refractivity contribution < 1.29 is 28.6 Å². The summed E-state index contributed by atoms with van der Waals surface area (Å²) in [6.45, 7) is -2.25. The maximum absolute atomic E-state index is 12.7. The lowest BCUT2D eigenvalue weighted by atomic mass is 9.86. The molecule has 0 aromatic carbocycles. The highest BCUT2D eigenvalue weighted by atomic mass is 19.3. The Bertz CT molecular complexity index is 331. The van der Waals surface area contributed by atoms with Crippen molar-refractivity contribution in [2.75, 3.05) is 13.2 Å². The summed E-state index contributed by atoms with van der Waals surface area (Å²) in [6.07, 6.45) is 1.96. The molecule has 19 heavy (non-hydrogen) atoms. The van der Waals surface area contributed by atoms with Crippen molar-refractivity contribution in [2.45, 2.75) is 37.6 Å². The monoisotopic (exact) mass is 280 g/mol. The highest BCUT2D eigenvalue weighted by molar-refractivity contribution is 5.74. The fourth-order valence-corrected chi connectivity index (χ4v) is 1.99. The maximum atomic E-state index is 12.7. The number of rotatable bonds is 5. The Balaban J connectivity index is 2.25. The molecule has 1 rings (SSSR count). The van der Waals surface area contributed by atoms with E-state index in [4.69, 9.17) is 10.2 Å². The molecule has 0 aromatic rings. The van der Waals surface area contributed by atoms with E-state index in [1.807, 2.05) is 5.32 Å². The van der Waals surface area contributed by atoms with Gasteiger partial charge in [-0.2, -0.15) is 0 Å². The Labute approximate surface area is 109 Å². The molecule has 0 radical (unpaired) electrons. The summed E-state index contributed by atoms with van der Waals surface area (Å²) in [5, 5.41) is 21.6. The number of nitrogens with one attached hydrogen (secondary N) is 2. The van der Waals surface area contributed by atoms with E-state index in [1.165, 1.54) is 0 Å². The lowest BCUT2D eigenvalue weighted by molar-refractivity contribution is -0.142. The summed E-state index contributed by atoms with van der Waals surface area (Å²) in [5.74, 6) is -4.57. The lowest BCUT2D eigenvalue weighted by Crippen LogP contribution is -2.48. The van der Waals surface area contributed by atoms with Crippen LogP contribution >= 0.6 is 0 Å². The van der Waals surface area contributed by atoms with Gasteiger partial charge in [0.25, 0.3) is 5.92 Å². The molecule has 0 atom stereocenters. The highest BCUT2D eigenvalue weighted by Crippen LogP contribution is 2.24. The topological polar surface area (TPSA) is 98.7 Å². The molecule has 0 aliphatic heterocycles. The largest absolute Gasteiger partial charge is 0.481 e. The predicted octanol–water partition coefficient (Wildman–Crippen LogP) is 0.557. The predicted molar refractivity (Wildman–Crippen MR) is 61.9 cm³/mol. The number of urea groups is 1. The number of aliphatic hydroxyl groups is 1. The van der Waals surface area contributed by atoms with Crippen LogP contribution in [0.1, 0.15) is 25.7 Å². The molecule has 110 valence electrons. The molecule has 1 aliphatic rings. The molecule has 8 heteroatoms. The van der Waals surface area contributed by atoms with Gasteiger partial charge in [-0.15, -0.1) is 0 Å². The van der Waals surface area contributed by atoms with E-state index >= 15 is 0 Å². The molecule has 0 spiro atoms. The molecule has 0 bridgehead atoms. The Morgan fingerprint density at radius 2 is 1.79 bits per heavy atom. The van der Waals surface area contributed by atoms with Gasteiger partial charge >= 0.3 is 12.0 Å². The standard InChI is InChI=1S/C11H18F2N2O4/c12-11(13,6-16)5-14-10(19)15-8-3-1-7(2-4-8)9(17)18/h7-8,16H,1-6H2,(H,17,18)(H2,14,15,19). The molecule has 6 nitrogen and oxygen atoms in total. The molecule has 2 amide bonds. The van der Waals surface area contributed by atoms with E-state index in [-0.39, 0.29) is 12.0 Å². The SMILES string of the molecule is O=C(NCC(F)(F)CO)NC1CCC(C(=O)O)CC1. The molecule has 1 fully saturated rings. The van der Waals surface area contributed by atoms with E-state index in [9.17, 15) is 18.4 Å². The van der Waals surface area contributed by atoms with Crippen LogP contribution in [0.5, 0.6) is 0 Å². The quantitative estimate of drug-likeness (QED) is 0.591. The third kappa shape index (κ3) is 5.37. The molecule has 0 aromatic heterocycles. The van der Waals surface area contributed by atoms with Crippen LogP contribution in [-0.4, -0.2) is 47.3 Å². The van der Waals surface area contributed by atoms with Gasteiger partial charge in [0.15, 0.2) is 0 Å². The van der Waals surface area contributed by atoms with E-state index in [0.717, 1.165) is 0 Å². The van der Waals surface area contributed by atoms with E-state index in [0.29, 0.717) is 25.7 Å².